The number of nitrogens with zero attached hydrogens (tertiary/aromatic N) is 1. The van der Waals surface area contributed by atoms with Crippen LogP contribution in [-0.4, -0.2) is 37.7 Å². The molecule has 6 heteroatoms. The van der Waals surface area contributed by atoms with E-state index in [-0.39, 0.29) is 6.61 Å². The first-order valence-electron chi connectivity index (χ1n) is 4.65. The van der Waals surface area contributed by atoms with Crippen LogP contribution in [0.3, 0.4) is 0 Å². The number of rotatable bonds is 4. The van der Waals surface area contributed by atoms with E-state index in [1.807, 2.05) is 6.07 Å². The van der Waals surface area contributed by atoms with Gasteiger partial charge in [0.15, 0.2) is 0 Å². The van der Waals surface area contributed by atoms with Gasteiger partial charge in [-0.1, -0.05) is 28.1 Å². The maximum absolute atomic E-state index is 11.4. The molecule has 1 atom stereocenters. The number of aliphatic hydroxyl groups is 1. The van der Waals surface area contributed by atoms with Crippen molar-refractivity contribution in [2.24, 2.45) is 0 Å². The molecule has 0 radical (unpaired) electrons. The van der Waals surface area contributed by atoms with Crippen LogP contribution in [0.25, 0.3) is 0 Å². The maximum Gasteiger partial charge on any atom is 0.211 e. The standard InChI is InChI=1S/C10H14BrNO3S/c1-12(16(2,14)15)10(7-13)8-4-3-5-9(11)6-8/h3-6,10,13H,7H2,1-2H3. The molecule has 1 aromatic rings. The average molecular weight is 308 g/mol. The summed E-state index contributed by atoms with van der Waals surface area (Å²) in [6.07, 6.45) is 1.12. The Bertz CT molecular complexity index is 461. The third kappa shape index (κ3) is 3.28. The molecule has 0 aliphatic carbocycles. The molecule has 0 aliphatic heterocycles. The van der Waals surface area contributed by atoms with Crippen LogP contribution in [0, 0.1) is 0 Å². The third-order valence-corrected chi connectivity index (χ3v) is 4.16. The number of halogens is 1. The summed E-state index contributed by atoms with van der Waals surface area (Å²) >= 11 is 3.31. The van der Waals surface area contributed by atoms with E-state index in [4.69, 9.17) is 0 Å². The van der Waals surface area contributed by atoms with Crippen LogP contribution < -0.4 is 0 Å². The van der Waals surface area contributed by atoms with Crippen molar-refractivity contribution in [3.05, 3.63) is 34.3 Å². The molecule has 16 heavy (non-hydrogen) atoms. The van der Waals surface area contributed by atoms with E-state index in [2.05, 4.69) is 15.9 Å². The molecule has 0 bridgehead atoms. The molecule has 0 aromatic heterocycles. The number of aliphatic hydroxyl groups excluding tert-OH is 1. The topological polar surface area (TPSA) is 57.6 Å². The number of hydrogen-bond donors (Lipinski definition) is 1. The summed E-state index contributed by atoms with van der Waals surface area (Å²) in [6.45, 7) is -0.250. The fourth-order valence-corrected chi connectivity index (χ4v) is 2.44. The fourth-order valence-electron chi connectivity index (χ4n) is 1.38. The van der Waals surface area contributed by atoms with Gasteiger partial charge >= 0.3 is 0 Å². The predicted molar refractivity (Wildman–Crippen MR) is 66.6 cm³/mol. The normalized spacial score (nSPS) is 14.1. The Balaban J connectivity index is 3.08. The van der Waals surface area contributed by atoms with Crippen LogP contribution in [0.2, 0.25) is 0 Å². The second kappa shape index (κ2) is 5.27. The largest absolute Gasteiger partial charge is 0.394 e. The second-order valence-corrected chi connectivity index (χ2v) is 6.49. The van der Waals surface area contributed by atoms with E-state index in [0.717, 1.165) is 20.6 Å². The fraction of sp³-hybridized carbons (Fsp3) is 0.400. The molecule has 0 spiro atoms. The maximum atomic E-state index is 11.4. The minimum absolute atomic E-state index is 0.250. The lowest BCUT2D eigenvalue weighted by Gasteiger charge is -2.24. The summed E-state index contributed by atoms with van der Waals surface area (Å²) in [4.78, 5) is 0. The zero-order valence-electron chi connectivity index (χ0n) is 9.09. The highest BCUT2D eigenvalue weighted by Crippen LogP contribution is 2.23. The summed E-state index contributed by atoms with van der Waals surface area (Å²) in [6, 6.07) is 6.68. The van der Waals surface area contributed by atoms with Gasteiger partial charge in [-0.3, -0.25) is 0 Å². The molecule has 90 valence electrons. The quantitative estimate of drug-likeness (QED) is 0.914. The van der Waals surface area contributed by atoms with Gasteiger partial charge in [-0.05, 0) is 17.7 Å². The van der Waals surface area contributed by atoms with E-state index in [0.29, 0.717) is 0 Å². The molecule has 4 nitrogen and oxygen atoms in total. The Morgan fingerprint density at radius 2 is 2.12 bits per heavy atom. The van der Waals surface area contributed by atoms with Crippen LogP contribution in [0.5, 0.6) is 0 Å². The average Bonchev–Trinajstić information content (AvgIpc) is 2.17. The van der Waals surface area contributed by atoms with Crippen molar-refractivity contribution in [3.8, 4) is 0 Å². The molecule has 1 aromatic carbocycles. The second-order valence-electron chi connectivity index (χ2n) is 3.53. The van der Waals surface area contributed by atoms with Crippen molar-refractivity contribution in [2.75, 3.05) is 19.9 Å². The Morgan fingerprint density at radius 3 is 2.56 bits per heavy atom. The lowest BCUT2D eigenvalue weighted by molar-refractivity contribution is 0.204. The lowest BCUT2D eigenvalue weighted by Crippen LogP contribution is -2.32. The molecule has 1 rings (SSSR count). The molecule has 0 saturated heterocycles. The van der Waals surface area contributed by atoms with Gasteiger partial charge in [0, 0.05) is 11.5 Å². The molecule has 1 N–H and O–H groups in total. The highest BCUT2D eigenvalue weighted by molar-refractivity contribution is 9.10. The van der Waals surface area contributed by atoms with Crippen LogP contribution in [0.4, 0.5) is 0 Å². The van der Waals surface area contributed by atoms with Crippen molar-refractivity contribution in [1.82, 2.24) is 4.31 Å². The van der Waals surface area contributed by atoms with Crippen LogP contribution in [0.1, 0.15) is 11.6 Å². The van der Waals surface area contributed by atoms with Crippen molar-refractivity contribution in [3.63, 3.8) is 0 Å². The highest BCUT2D eigenvalue weighted by atomic mass is 79.9. The smallest absolute Gasteiger partial charge is 0.211 e. The molecular weight excluding hydrogens is 294 g/mol. The van der Waals surface area contributed by atoms with E-state index in [1.54, 1.807) is 18.2 Å². The first kappa shape index (κ1) is 13.6. The summed E-state index contributed by atoms with van der Waals surface area (Å²) in [5, 5.41) is 9.28. The molecule has 1 unspecified atom stereocenters. The summed E-state index contributed by atoms with van der Waals surface area (Å²) in [5.74, 6) is 0. The third-order valence-electron chi connectivity index (χ3n) is 2.37. The molecule has 0 amide bonds. The van der Waals surface area contributed by atoms with E-state index < -0.39 is 16.1 Å². The molecular formula is C10H14BrNO3S. The van der Waals surface area contributed by atoms with Crippen LogP contribution in [-0.2, 0) is 10.0 Å². The number of hydrogen-bond acceptors (Lipinski definition) is 3. The van der Waals surface area contributed by atoms with Gasteiger partial charge in [-0.25, -0.2) is 8.42 Å². The van der Waals surface area contributed by atoms with E-state index in [9.17, 15) is 13.5 Å². The Hall–Kier alpha value is -0.430. The van der Waals surface area contributed by atoms with Crippen molar-refractivity contribution in [2.45, 2.75) is 6.04 Å². The Morgan fingerprint density at radius 1 is 1.50 bits per heavy atom. The van der Waals surface area contributed by atoms with Gasteiger partial charge in [0.1, 0.15) is 0 Å². The molecule has 0 aliphatic rings. The van der Waals surface area contributed by atoms with Crippen LogP contribution in [0.15, 0.2) is 28.7 Å². The van der Waals surface area contributed by atoms with Gasteiger partial charge in [0.05, 0.1) is 18.9 Å². The monoisotopic (exact) mass is 307 g/mol. The lowest BCUT2D eigenvalue weighted by atomic mass is 10.1. The van der Waals surface area contributed by atoms with Gasteiger partial charge < -0.3 is 5.11 Å². The zero-order valence-corrected chi connectivity index (χ0v) is 11.5. The molecule has 0 saturated carbocycles. The van der Waals surface area contributed by atoms with Crippen molar-refractivity contribution < 1.29 is 13.5 Å². The number of benzene rings is 1. The molecule has 0 heterocycles. The van der Waals surface area contributed by atoms with Gasteiger partial charge in [0.2, 0.25) is 10.0 Å². The minimum atomic E-state index is -3.32. The van der Waals surface area contributed by atoms with Crippen molar-refractivity contribution >= 4 is 26.0 Å². The highest BCUT2D eigenvalue weighted by Gasteiger charge is 2.23. The van der Waals surface area contributed by atoms with Crippen molar-refractivity contribution in [1.29, 1.82) is 0 Å². The van der Waals surface area contributed by atoms with Gasteiger partial charge in [-0.2, -0.15) is 4.31 Å². The summed E-state index contributed by atoms with van der Waals surface area (Å²) < 4.78 is 24.8. The Kier molecular flexibility index (Phi) is 4.49. The number of sulfonamides is 1. The van der Waals surface area contributed by atoms with E-state index >= 15 is 0 Å². The van der Waals surface area contributed by atoms with Gasteiger partial charge in [0.25, 0.3) is 0 Å². The summed E-state index contributed by atoms with van der Waals surface area (Å²) in [7, 11) is -1.86. The zero-order chi connectivity index (χ0) is 12.3. The predicted octanol–water partition coefficient (Wildman–Crippen LogP) is 1.37. The summed E-state index contributed by atoms with van der Waals surface area (Å²) in [5.41, 5.74) is 0.754. The van der Waals surface area contributed by atoms with Gasteiger partial charge in [-0.15, -0.1) is 0 Å². The minimum Gasteiger partial charge on any atom is -0.394 e. The van der Waals surface area contributed by atoms with E-state index in [1.165, 1.54) is 7.05 Å². The first-order valence-corrected chi connectivity index (χ1v) is 7.29. The molecule has 0 fully saturated rings. The first-order chi connectivity index (χ1) is 7.36. The Labute approximate surface area is 104 Å². The van der Waals surface area contributed by atoms with Crippen LogP contribution >= 0.6 is 15.9 Å². The SMILES string of the molecule is CN(C(CO)c1cccc(Br)c1)S(C)(=O)=O. The number of likely N-dealkylation sites (N-methyl/N-ethyl adjacent to an activating group) is 1.